The molecule has 1 heterocycles. The second kappa shape index (κ2) is 5.24. The Morgan fingerprint density at radius 1 is 1.30 bits per heavy atom. The molecule has 0 spiro atoms. The molecule has 1 aromatic heterocycles. The summed E-state index contributed by atoms with van der Waals surface area (Å²) in [4.78, 5) is 21.0. The first kappa shape index (κ1) is 13.7. The first-order valence-electron chi connectivity index (χ1n) is 7.59. The lowest BCUT2D eigenvalue weighted by Crippen LogP contribution is -2.36. The smallest absolute Gasteiger partial charge is 0.166 e. The van der Waals surface area contributed by atoms with Gasteiger partial charge >= 0.3 is 0 Å². The van der Waals surface area contributed by atoms with Crippen molar-refractivity contribution < 1.29 is 9.53 Å². The van der Waals surface area contributed by atoms with Crippen LogP contribution in [0, 0.1) is 5.92 Å². The SMILES string of the molecule is COC1(c2ncc3c(n2)CCCC3=O)CCC(C)CC1. The maximum absolute atomic E-state index is 11.9. The van der Waals surface area contributed by atoms with E-state index in [2.05, 4.69) is 11.9 Å². The maximum atomic E-state index is 11.9. The lowest BCUT2D eigenvalue weighted by Gasteiger charge is -2.37. The Kier molecular flexibility index (Phi) is 3.59. The monoisotopic (exact) mass is 274 g/mol. The molecule has 0 aliphatic heterocycles. The highest BCUT2D eigenvalue weighted by atomic mass is 16.5. The molecule has 4 heteroatoms. The van der Waals surface area contributed by atoms with Crippen LogP contribution in [0.5, 0.6) is 0 Å². The highest BCUT2D eigenvalue weighted by molar-refractivity contribution is 5.97. The number of hydrogen-bond donors (Lipinski definition) is 0. The third-order valence-electron chi connectivity index (χ3n) is 4.87. The van der Waals surface area contributed by atoms with Gasteiger partial charge in [0.2, 0.25) is 0 Å². The van der Waals surface area contributed by atoms with E-state index >= 15 is 0 Å². The fourth-order valence-electron chi connectivity index (χ4n) is 3.36. The highest BCUT2D eigenvalue weighted by Gasteiger charge is 2.39. The Bertz CT molecular complexity index is 519. The zero-order valence-corrected chi connectivity index (χ0v) is 12.3. The van der Waals surface area contributed by atoms with E-state index in [0.717, 1.165) is 61.5 Å². The molecule has 1 fully saturated rings. The molecule has 0 N–H and O–H groups in total. The molecule has 0 unspecified atom stereocenters. The summed E-state index contributed by atoms with van der Waals surface area (Å²) in [5, 5.41) is 0. The van der Waals surface area contributed by atoms with Crippen molar-refractivity contribution in [3.8, 4) is 0 Å². The molecular formula is C16H22N2O2. The van der Waals surface area contributed by atoms with Gasteiger partial charge in [-0.1, -0.05) is 6.92 Å². The molecule has 2 aliphatic rings. The number of Topliss-reactive ketones (excluding diaryl/α,β-unsaturated/α-hetero) is 1. The minimum absolute atomic E-state index is 0.182. The summed E-state index contributed by atoms with van der Waals surface area (Å²) in [6.45, 7) is 2.28. The summed E-state index contributed by atoms with van der Waals surface area (Å²) in [7, 11) is 1.75. The van der Waals surface area contributed by atoms with Crippen LogP contribution in [0.15, 0.2) is 6.20 Å². The second-order valence-corrected chi connectivity index (χ2v) is 6.21. The average Bonchev–Trinajstić information content (AvgIpc) is 2.48. The fraction of sp³-hybridized carbons (Fsp3) is 0.688. The van der Waals surface area contributed by atoms with Crippen LogP contribution in [0.25, 0.3) is 0 Å². The van der Waals surface area contributed by atoms with Crippen LogP contribution >= 0.6 is 0 Å². The minimum Gasteiger partial charge on any atom is -0.370 e. The first-order chi connectivity index (χ1) is 9.64. The van der Waals surface area contributed by atoms with Crippen molar-refractivity contribution in [2.45, 2.75) is 57.5 Å². The third-order valence-corrected chi connectivity index (χ3v) is 4.87. The van der Waals surface area contributed by atoms with Gasteiger partial charge in [0.15, 0.2) is 11.6 Å². The molecule has 2 aliphatic carbocycles. The zero-order valence-electron chi connectivity index (χ0n) is 12.3. The molecule has 4 nitrogen and oxygen atoms in total. The number of ketones is 1. The summed E-state index contributed by atoms with van der Waals surface area (Å²) in [5.74, 6) is 1.71. The number of carbonyl (C=O) groups is 1. The summed E-state index contributed by atoms with van der Waals surface area (Å²) < 4.78 is 5.82. The maximum Gasteiger partial charge on any atom is 0.166 e. The van der Waals surface area contributed by atoms with E-state index in [4.69, 9.17) is 9.72 Å². The van der Waals surface area contributed by atoms with Gasteiger partial charge in [-0.05, 0) is 44.4 Å². The van der Waals surface area contributed by atoms with Gasteiger partial charge in [-0.2, -0.15) is 0 Å². The first-order valence-corrected chi connectivity index (χ1v) is 7.59. The second-order valence-electron chi connectivity index (χ2n) is 6.21. The van der Waals surface area contributed by atoms with Crippen LogP contribution in [-0.2, 0) is 16.8 Å². The summed E-state index contributed by atoms with van der Waals surface area (Å²) >= 11 is 0. The highest BCUT2D eigenvalue weighted by Crippen LogP contribution is 2.40. The molecule has 3 rings (SSSR count). The van der Waals surface area contributed by atoms with E-state index < -0.39 is 0 Å². The number of ether oxygens (including phenoxy) is 1. The lowest BCUT2D eigenvalue weighted by atomic mass is 9.78. The van der Waals surface area contributed by atoms with E-state index in [9.17, 15) is 4.79 Å². The number of hydrogen-bond acceptors (Lipinski definition) is 4. The van der Waals surface area contributed by atoms with Crippen LogP contribution in [0.1, 0.15) is 67.3 Å². The number of carbonyl (C=O) groups excluding carboxylic acids is 1. The third kappa shape index (κ3) is 2.26. The van der Waals surface area contributed by atoms with Gasteiger partial charge in [0.25, 0.3) is 0 Å². The predicted molar refractivity (Wildman–Crippen MR) is 75.6 cm³/mol. The zero-order chi connectivity index (χ0) is 14.2. The van der Waals surface area contributed by atoms with Gasteiger partial charge in [-0.15, -0.1) is 0 Å². The summed E-state index contributed by atoms with van der Waals surface area (Å²) in [5.41, 5.74) is 1.29. The molecule has 108 valence electrons. The van der Waals surface area contributed by atoms with E-state index in [0.29, 0.717) is 6.42 Å². The fourth-order valence-corrected chi connectivity index (χ4v) is 3.36. The Morgan fingerprint density at radius 3 is 2.75 bits per heavy atom. The number of rotatable bonds is 2. The van der Waals surface area contributed by atoms with Crippen molar-refractivity contribution in [1.82, 2.24) is 9.97 Å². The van der Waals surface area contributed by atoms with Gasteiger partial charge in [0, 0.05) is 19.7 Å². The van der Waals surface area contributed by atoms with Crippen molar-refractivity contribution in [3.05, 3.63) is 23.3 Å². The molecule has 0 radical (unpaired) electrons. The molecular weight excluding hydrogens is 252 g/mol. The number of nitrogens with zero attached hydrogens (tertiary/aromatic N) is 2. The van der Waals surface area contributed by atoms with Crippen LogP contribution in [0.3, 0.4) is 0 Å². The van der Waals surface area contributed by atoms with Crippen molar-refractivity contribution >= 4 is 5.78 Å². The molecule has 20 heavy (non-hydrogen) atoms. The molecule has 1 aromatic rings. The molecule has 0 amide bonds. The van der Waals surface area contributed by atoms with E-state index in [1.807, 2.05) is 0 Å². The van der Waals surface area contributed by atoms with Crippen LogP contribution < -0.4 is 0 Å². The molecule has 1 saturated carbocycles. The summed E-state index contributed by atoms with van der Waals surface area (Å²) in [6.07, 6.45) is 8.36. The Hall–Kier alpha value is -1.29. The van der Waals surface area contributed by atoms with E-state index in [1.54, 1.807) is 13.3 Å². The van der Waals surface area contributed by atoms with E-state index in [-0.39, 0.29) is 11.4 Å². The largest absolute Gasteiger partial charge is 0.370 e. The van der Waals surface area contributed by atoms with Gasteiger partial charge in [-0.3, -0.25) is 4.79 Å². The number of aryl methyl sites for hydroxylation is 1. The predicted octanol–water partition coefficient (Wildman–Crippen LogP) is 3.05. The van der Waals surface area contributed by atoms with E-state index in [1.165, 1.54) is 0 Å². The topological polar surface area (TPSA) is 52.1 Å². The number of fused-ring (bicyclic) bond motifs is 1. The van der Waals surface area contributed by atoms with Crippen LogP contribution in [-0.4, -0.2) is 22.9 Å². The Morgan fingerprint density at radius 2 is 2.05 bits per heavy atom. The van der Waals surface area contributed by atoms with Crippen LogP contribution in [0.2, 0.25) is 0 Å². The normalized spacial score (nSPS) is 30.1. The molecule has 0 atom stereocenters. The Balaban J connectivity index is 1.95. The summed E-state index contributed by atoms with van der Waals surface area (Å²) in [6, 6.07) is 0. The Labute approximate surface area is 120 Å². The quantitative estimate of drug-likeness (QED) is 0.831. The molecule has 0 bridgehead atoms. The standard InChI is InChI=1S/C16H22N2O2/c1-11-6-8-16(20-2,9-7-11)15-17-10-12-13(18-15)4-3-5-14(12)19/h10-11H,3-9H2,1-2H3. The van der Waals surface area contributed by atoms with Crippen LogP contribution in [0.4, 0.5) is 0 Å². The number of methoxy groups -OCH3 is 1. The lowest BCUT2D eigenvalue weighted by molar-refractivity contribution is -0.0599. The van der Waals surface area contributed by atoms with Gasteiger partial charge < -0.3 is 4.74 Å². The van der Waals surface area contributed by atoms with Crippen molar-refractivity contribution in [3.63, 3.8) is 0 Å². The average molecular weight is 274 g/mol. The van der Waals surface area contributed by atoms with Crippen molar-refractivity contribution in [2.24, 2.45) is 5.92 Å². The van der Waals surface area contributed by atoms with Gasteiger partial charge in [0.1, 0.15) is 5.60 Å². The van der Waals surface area contributed by atoms with Crippen molar-refractivity contribution in [1.29, 1.82) is 0 Å². The number of aromatic nitrogens is 2. The minimum atomic E-state index is -0.345. The van der Waals surface area contributed by atoms with Gasteiger partial charge in [0.05, 0.1) is 11.3 Å². The molecule has 0 saturated heterocycles. The van der Waals surface area contributed by atoms with Crippen molar-refractivity contribution in [2.75, 3.05) is 7.11 Å². The van der Waals surface area contributed by atoms with Gasteiger partial charge in [-0.25, -0.2) is 9.97 Å². The molecule has 0 aromatic carbocycles.